The predicted molar refractivity (Wildman–Crippen MR) is 90.9 cm³/mol. The highest BCUT2D eigenvalue weighted by molar-refractivity contribution is 8.01. The molecular formula is C16H20N2OS2. The van der Waals surface area contributed by atoms with E-state index in [9.17, 15) is 4.79 Å². The van der Waals surface area contributed by atoms with Crippen molar-refractivity contribution in [3.63, 3.8) is 0 Å². The number of rotatable bonds is 7. The van der Waals surface area contributed by atoms with E-state index in [-0.39, 0.29) is 5.91 Å². The normalized spacial score (nSPS) is 10.6. The van der Waals surface area contributed by atoms with E-state index in [1.165, 1.54) is 17.3 Å². The van der Waals surface area contributed by atoms with Crippen molar-refractivity contribution in [1.29, 1.82) is 0 Å². The van der Waals surface area contributed by atoms with Crippen LogP contribution in [0.25, 0.3) is 11.3 Å². The number of unbranched alkanes of at least 4 members (excludes halogenated alkanes) is 1. The number of hydrogen-bond acceptors (Lipinski definition) is 4. The third-order valence-corrected chi connectivity index (χ3v) is 5.03. The largest absolute Gasteiger partial charge is 0.355 e. The number of hydrogen-bond donors (Lipinski definition) is 1. The lowest BCUT2D eigenvalue weighted by Gasteiger charge is -2.02. The first-order chi connectivity index (χ1) is 10.2. The molecule has 5 heteroatoms. The zero-order valence-corrected chi connectivity index (χ0v) is 14.0. The van der Waals surface area contributed by atoms with Gasteiger partial charge in [-0.1, -0.05) is 54.9 Å². The fourth-order valence-electron chi connectivity index (χ4n) is 1.76. The average Bonchev–Trinajstić information content (AvgIpc) is 2.95. The molecule has 1 aromatic carbocycles. The van der Waals surface area contributed by atoms with E-state index in [1.54, 1.807) is 11.3 Å². The molecule has 0 fully saturated rings. The Morgan fingerprint density at radius 1 is 1.33 bits per heavy atom. The molecular weight excluding hydrogens is 300 g/mol. The molecule has 1 heterocycles. The Hall–Kier alpha value is -1.33. The third kappa shape index (κ3) is 5.17. The molecule has 0 unspecified atom stereocenters. The highest BCUT2D eigenvalue weighted by Gasteiger charge is 2.07. The lowest BCUT2D eigenvalue weighted by Crippen LogP contribution is -2.25. The first kappa shape index (κ1) is 16.0. The van der Waals surface area contributed by atoms with Gasteiger partial charge in [-0.2, -0.15) is 0 Å². The molecule has 1 amide bonds. The minimum atomic E-state index is 0.0838. The van der Waals surface area contributed by atoms with Gasteiger partial charge in [-0.3, -0.25) is 4.79 Å². The highest BCUT2D eigenvalue weighted by atomic mass is 32.2. The van der Waals surface area contributed by atoms with Crippen LogP contribution in [0.15, 0.2) is 34.0 Å². The van der Waals surface area contributed by atoms with Gasteiger partial charge in [-0.15, -0.1) is 11.3 Å². The summed E-state index contributed by atoms with van der Waals surface area (Å²) >= 11 is 3.09. The summed E-state index contributed by atoms with van der Waals surface area (Å²) in [6.07, 6.45) is 2.13. The van der Waals surface area contributed by atoms with Crippen molar-refractivity contribution < 1.29 is 4.79 Å². The maximum absolute atomic E-state index is 11.7. The van der Waals surface area contributed by atoms with E-state index in [4.69, 9.17) is 0 Å². The number of aryl methyl sites for hydroxylation is 1. The summed E-state index contributed by atoms with van der Waals surface area (Å²) in [7, 11) is 0. The molecule has 0 aliphatic carbocycles. The first-order valence-corrected chi connectivity index (χ1v) is 8.97. The standard InChI is InChI=1S/C16H20N2OS2/c1-3-4-9-17-15(19)11-21-16-18-14(10-20-16)13-7-5-12(2)6-8-13/h5-8,10H,3-4,9,11H2,1-2H3,(H,17,19). The predicted octanol–water partition coefficient (Wildman–Crippen LogP) is 4.13. The van der Waals surface area contributed by atoms with Crippen LogP contribution in [-0.4, -0.2) is 23.2 Å². The molecule has 0 bridgehead atoms. The minimum absolute atomic E-state index is 0.0838. The van der Waals surface area contributed by atoms with E-state index in [2.05, 4.69) is 48.4 Å². The minimum Gasteiger partial charge on any atom is -0.355 e. The van der Waals surface area contributed by atoms with Crippen LogP contribution in [0.1, 0.15) is 25.3 Å². The van der Waals surface area contributed by atoms with Gasteiger partial charge in [0.2, 0.25) is 5.91 Å². The summed E-state index contributed by atoms with van der Waals surface area (Å²) in [6.45, 7) is 4.95. The molecule has 1 aromatic heterocycles. The van der Waals surface area contributed by atoms with Gasteiger partial charge in [0.05, 0.1) is 11.4 Å². The van der Waals surface area contributed by atoms with Gasteiger partial charge >= 0.3 is 0 Å². The smallest absolute Gasteiger partial charge is 0.230 e. The van der Waals surface area contributed by atoms with Crippen molar-refractivity contribution in [2.24, 2.45) is 0 Å². The van der Waals surface area contributed by atoms with E-state index in [1.807, 2.05) is 5.38 Å². The Morgan fingerprint density at radius 2 is 2.10 bits per heavy atom. The van der Waals surface area contributed by atoms with Gasteiger partial charge < -0.3 is 5.32 Å². The van der Waals surface area contributed by atoms with Crippen LogP contribution in [0.3, 0.4) is 0 Å². The van der Waals surface area contributed by atoms with E-state index in [0.29, 0.717) is 5.75 Å². The summed E-state index contributed by atoms with van der Waals surface area (Å²) in [6, 6.07) is 8.33. The number of amides is 1. The number of thioether (sulfide) groups is 1. The maximum atomic E-state index is 11.7. The molecule has 2 aromatic rings. The van der Waals surface area contributed by atoms with E-state index in [0.717, 1.165) is 35.0 Å². The molecule has 0 saturated carbocycles. The second-order valence-electron chi connectivity index (χ2n) is 4.86. The van der Waals surface area contributed by atoms with Crippen LogP contribution in [0, 0.1) is 6.92 Å². The van der Waals surface area contributed by atoms with Gasteiger partial charge in [-0.05, 0) is 13.3 Å². The van der Waals surface area contributed by atoms with Gasteiger partial charge in [0.25, 0.3) is 0 Å². The Morgan fingerprint density at radius 3 is 2.81 bits per heavy atom. The number of thiazole rings is 1. The third-order valence-electron chi connectivity index (χ3n) is 3.01. The van der Waals surface area contributed by atoms with Crippen molar-refractivity contribution in [2.45, 2.75) is 31.0 Å². The number of aromatic nitrogens is 1. The molecule has 0 saturated heterocycles. The topological polar surface area (TPSA) is 42.0 Å². The molecule has 0 spiro atoms. The summed E-state index contributed by atoms with van der Waals surface area (Å²) < 4.78 is 0.941. The number of benzene rings is 1. The number of carbonyl (C=O) groups excluding carboxylic acids is 1. The monoisotopic (exact) mass is 320 g/mol. The van der Waals surface area contributed by atoms with Crippen LogP contribution in [-0.2, 0) is 4.79 Å². The van der Waals surface area contributed by atoms with Crippen LogP contribution < -0.4 is 5.32 Å². The lowest BCUT2D eigenvalue weighted by atomic mass is 10.1. The molecule has 0 aliphatic rings. The highest BCUT2D eigenvalue weighted by Crippen LogP contribution is 2.28. The molecule has 0 radical (unpaired) electrons. The van der Waals surface area contributed by atoms with Gasteiger partial charge in [0, 0.05) is 17.5 Å². The first-order valence-electron chi connectivity index (χ1n) is 7.11. The van der Waals surface area contributed by atoms with E-state index >= 15 is 0 Å². The second-order valence-corrected chi connectivity index (χ2v) is 6.94. The molecule has 3 nitrogen and oxygen atoms in total. The summed E-state index contributed by atoms with van der Waals surface area (Å²) in [5, 5.41) is 4.96. The van der Waals surface area contributed by atoms with E-state index < -0.39 is 0 Å². The number of nitrogens with one attached hydrogen (secondary N) is 1. The Labute approximate surface area is 134 Å². The number of carbonyl (C=O) groups is 1. The Balaban J connectivity index is 1.86. The Kier molecular flexibility index (Phi) is 6.26. The fourth-order valence-corrected chi connectivity index (χ4v) is 3.43. The lowest BCUT2D eigenvalue weighted by molar-refractivity contribution is -0.118. The molecule has 0 aliphatic heterocycles. The van der Waals surface area contributed by atoms with Crippen molar-refractivity contribution in [3.05, 3.63) is 35.2 Å². The van der Waals surface area contributed by atoms with Crippen LogP contribution >= 0.6 is 23.1 Å². The maximum Gasteiger partial charge on any atom is 0.230 e. The van der Waals surface area contributed by atoms with Gasteiger partial charge in [0.15, 0.2) is 4.34 Å². The number of nitrogens with zero attached hydrogens (tertiary/aromatic N) is 1. The van der Waals surface area contributed by atoms with Crippen molar-refractivity contribution in [2.75, 3.05) is 12.3 Å². The quantitative estimate of drug-likeness (QED) is 0.616. The molecule has 0 atom stereocenters. The molecule has 1 N–H and O–H groups in total. The summed E-state index contributed by atoms with van der Waals surface area (Å²) in [5.74, 6) is 0.519. The van der Waals surface area contributed by atoms with Crippen molar-refractivity contribution >= 4 is 29.0 Å². The molecule has 112 valence electrons. The SMILES string of the molecule is CCCCNC(=O)CSc1nc(-c2ccc(C)cc2)cs1. The molecule has 2 rings (SSSR count). The zero-order chi connectivity index (χ0) is 15.1. The van der Waals surface area contributed by atoms with Crippen LogP contribution in [0.5, 0.6) is 0 Å². The summed E-state index contributed by atoms with van der Waals surface area (Å²) in [4.78, 5) is 16.2. The fraction of sp³-hybridized carbons (Fsp3) is 0.375. The Bertz CT molecular complexity index is 578. The van der Waals surface area contributed by atoms with Gasteiger partial charge in [0.1, 0.15) is 0 Å². The second kappa shape index (κ2) is 8.20. The van der Waals surface area contributed by atoms with Gasteiger partial charge in [-0.25, -0.2) is 4.98 Å². The van der Waals surface area contributed by atoms with Crippen LogP contribution in [0.4, 0.5) is 0 Å². The summed E-state index contributed by atoms with van der Waals surface area (Å²) in [5.41, 5.74) is 3.34. The zero-order valence-electron chi connectivity index (χ0n) is 12.4. The van der Waals surface area contributed by atoms with Crippen molar-refractivity contribution in [3.8, 4) is 11.3 Å². The molecule has 21 heavy (non-hydrogen) atoms. The van der Waals surface area contributed by atoms with Crippen molar-refractivity contribution in [1.82, 2.24) is 10.3 Å². The van der Waals surface area contributed by atoms with Crippen LogP contribution in [0.2, 0.25) is 0 Å². The average molecular weight is 320 g/mol.